The molecule has 3 aromatic rings. The number of aliphatic hydroxyl groups excluding tert-OH is 1. The van der Waals surface area contributed by atoms with Crippen molar-refractivity contribution in [2.75, 3.05) is 22.9 Å². The van der Waals surface area contributed by atoms with Gasteiger partial charge in [0.05, 0.1) is 11.6 Å². The molecule has 0 aliphatic carbocycles. The summed E-state index contributed by atoms with van der Waals surface area (Å²) < 4.78 is 0.901. The van der Waals surface area contributed by atoms with E-state index in [9.17, 15) is 14.7 Å². The minimum Gasteiger partial charge on any atom is -0.507 e. The van der Waals surface area contributed by atoms with Crippen LogP contribution in [-0.4, -0.2) is 29.9 Å². The third-order valence-electron chi connectivity index (χ3n) is 6.62. The largest absolute Gasteiger partial charge is 0.507 e. The number of nitrogens with zero attached hydrogens (tertiary/aromatic N) is 2. The predicted octanol–water partition coefficient (Wildman–Crippen LogP) is 6.54. The first kappa shape index (κ1) is 24.7. The first-order chi connectivity index (χ1) is 16.8. The van der Waals surface area contributed by atoms with Gasteiger partial charge in [-0.3, -0.25) is 14.5 Å². The van der Waals surface area contributed by atoms with Gasteiger partial charge < -0.3 is 10.0 Å². The number of benzene rings is 3. The van der Waals surface area contributed by atoms with E-state index in [-0.39, 0.29) is 11.3 Å². The number of hydrogen-bond acceptors (Lipinski definition) is 4. The van der Waals surface area contributed by atoms with Crippen LogP contribution in [-0.2, 0) is 9.59 Å². The fraction of sp³-hybridized carbons (Fsp3) is 0.241. The molecule has 0 saturated carbocycles. The second-order valence-electron chi connectivity index (χ2n) is 8.68. The van der Waals surface area contributed by atoms with Crippen molar-refractivity contribution in [1.82, 2.24) is 0 Å². The van der Waals surface area contributed by atoms with Crippen molar-refractivity contribution >= 4 is 44.8 Å². The van der Waals surface area contributed by atoms with E-state index in [2.05, 4.69) is 34.7 Å². The normalized spacial score (nSPS) is 17.2. The SMILES string of the molecule is CCN(CC)c1ccc(N2C(=O)C(=O)/C(=C(/O)c3ccc(Br)c(C)c3)C2c2ccccc2C)cc1. The van der Waals surface area contributed by atoms with Crippen molar-refractivity contribution in [2.45, 2.75) is 33.7 Å². The maximum atomic E-state index is 13.4. The van der Waals surface area contributed by atoms with Crippen molar-refractivity contribution in [3.63, 3.8) is 0 Å². The van der Waals surface area contributed by atoms with Gasteiger partial charge in [0.1, 0.15) is 5.76 Å². The summed E-state index contributed by atoms with van der Waals surface area (Å²) in [6.45, 7) is 9.79. The first-order valence-corrected chi connectivity index (χ1v) is 12.6. The number of anilines is 2. The molecule has 0 bridgehead atoms. The first-order valence-electron chi connectivity index (χ1n) is 11.8. The van der Waals surface area contributed by atoms with Gasteiger partial charge in [-0.2, -0.15) is 0 Å². The smallest absolute Gasteiger partial charge is 0.300 e. The molecule has 4 rings (SSSR count). The van der Waals surface area contributed by atoms with Crippen LogP contribution in [0.1, 0.15) is 42.1 Å². The summed E-state index contributed by atoms with van der Waals surface area (Å²) in [7, 11) is 0. The Hall–Kier alpha value is -3.38. The van der Waals surface area contributed by atoms with Gasteiger partial charge in [0.2, 0.25) is 0 Å². The molecule has 0 aromatic heterocycles. The van der Waals surface area contributed by atoms with Gasteiger partial charge >= 0.3 is 0 Å². The summed E-state index contributed by atoms with van der Waals surface area (Å²) >= 11 is 3.48. The molecule has 1 heterocycles. The summed E-state index contributed by atoms with van der Waals surface area (Å²) in [5.74, 6) is -1.51. The van der Waals surface area contributed by atoms with E-state index in [1.165, 1.54) is 4.90 Å². The van der Waals surface area contributed by atoms with Crippen molar-refractivity contribution < 1.29 is 14.7 Å². The third kappa shape index (κ3) is 4.50. The van der Waals surface area contributed by atoms with Gasteiger partial charge in [0, 0.05) is 34.5 Å². The molecular weight excluding hydrogens is 504 g/mol. The number of carbonyl (C=O) groups is 2. The number of rotatable bonds is 6. The average molecular weight is 533 g/mol. The van der Waals surface area contributed by atoms with E-state index in [1.807, 2.05) is 68.4 Å². The number of halogens is 1. The molecule has 6 heteroatoms. The highest BCUT2D eigenvalue weighted by molar-refractivity contribution is 9.10. The fourth-order valence-corrected chi connectivity index (χ4v) is 4.89. The Kier molecular flexibility index (Phi) is 7.13. The number of aryl methyl sites for hydroxylation is 2. The van der Waals surface area contributed by atoms with E-state index in [0.717, 1.165) is 39.9 Å². The Morgan fingerprint density at radius 1 is 0.943 bits per heavy atom. The summed E-state index contributed by atoms with van der Waals surface area (Å²) in [6.07, 6.45) is 0. The van der Waals surface area contributed by atoms with Gasteiger partial charge in [-0.25, -0.2) is 0 Å². The summed E-state index contributed by atoms with van der Waals surface area (Å²) in [6, 6.07) is 20.0. The summed E-state index contributed by atoms with van der Waals surface area (Å²) in [4.78, 5) is 30.5. The highest BCUT2D eigenvalue weighted by atomic mass is 79.9. The second-order valence-corrected chi connectivity index (χ2v) is 9.53. The van der Waals surface area contributed by atoms with E-state index >= 15 is 0 Å². The topological polar surface area (TPSA) is 60.9 Å². The molecule has 1 aliphatic heterocycles. The minimum absolute atomic E-state index is 0.0961. The fourth-order valence-electron chi connectivity index (χ4n) is 4.65. The Labute approximate surface area is 214 Å². The molecule has 0 spiro atoms. The number of aliphatic hydroxyl groups is 1. The Morgan fingerprint density at radius 2 is 1.60 bits per heavy atom. The zero-order valence-corrected chi connectivity index (χ0v) is 22.0. The zero-order valence-electron chi connectivity index (χ0n) is 20.4. The molecule has 35 heavy (non-hydrogen) atoms. The minimum atomic E-state index is -0.737. The lowest BCUT2D eigenvalue weighted by Crippen LogP contribution is -2.30. The van der Waals surface area contributed by atoms with E-state index < -0.39 is 17.7 Å². The Balaban J connectivity index is 1.90. The molecule has 5 nitrogen and oxygen atoms in total. The van der Waals surface area contributed by atoms with Crippen LogP contribution in [0.5, 0.6) is 0 Å². The third-order valence-corrected chi connectivity index (χ3v) is 7.51. The molecule has 1 aliphatic rings. The highest BCUT2D eigenvalue weighted by Gasteiger charge is 2.47. The predicted molar refractivity (Wildman–Crippen MR) is 145 cm³/mol. The van der Waals surface area contributed by atoms with Gasteiger partial charge in [-0.15, -0.1) is 0 Å². The molecule has 1 N–H and O–H groups in total. The van der Waals surface area contributed by atoms with Crippen LogP contribution < -0.4 is 9.80 Å². The van der Waals surface area contributed by atoms with Crippen LogP contribution in [0.15, 0.2) is 76.8 Å². The maximum absolute atomic E-state index is 13.4. The van der Waals surface area contributed by atoms with E-state index in [1.54, 1.807) is 12.1 Å². The zero-order chi connectivity index (χ0) is 25.3. The van der Waals surface area contributed by atoms with Gasteiger partial charge in [0.25, 0.3) is 11.7 Å². The molecule has 0 radical (unpaired) electrons. The molecule has 3 aromatic carbocycles. The molecule has 180 valence electrons. The Bertz CT molecular complexity index is 1310. The summed E-state index contributed by atoms with van der Waals surface area (Å²) in [5, 5.41) is 11.3. The van der Waals surface area contributed by atoms with Crippen molar-refractivity contribution in [3.05, 3.63) is 99.0 Å². The molecule has 1 unspecified atom stereocenters. The lowest BCUT2D eigenvalue weighted by molar-refractivity contribution is -0.132. The monoisotopic (exact) mass is 532 g/mol. The quantitative estimate of drug-likeness (QED) is 0.222. The number of Topliss-reactive ketones (excluding diaryl/α,β-unsaturated/α-hetero) is 1. The second kappa shape index (κ2) is 10.1. The van der Waals surface area contributed by atoms with Crippen molar-refractivity contribution in [2.24, 2.45) is 0 Å². The Morgan fingerprint density at radius 3 is 2.20 bits per heavy atom. The van der Waals surface area contributed by atoms with Crippen LogP contribution >= 0.6 is 15.9 Å². The molecular formula is C29H29BrN2O3. The summed E-state index contributed by atoms with van der Waals surface area (Å²) in [5.41, 5.74) is 4.91. The van der Waals surface area contributed by atoms with Gasteiger partial charge in [-0.05, 0) is 80.8 Å². The van der Waals surface area contributed by atoms with Gasteiger partial charge in [0.15, 0.2) is 0 Å². The van der Waals surface area contributed by atoms with Crippen LogP contribution in [0, 0.1) is 13.8 Å². The average Bonchev–Trinajstić information content (AvgIpc) is 3.12. The number of amides is 1. The molecule has 1 saturated heterocycles. The van der Waals surface area contributed by atoms with Crippen LogP contribution in [0.4, 0.5) is 11.4 Å². The number of carbonyl (C=O) groups excluding carboxylic acids is 2. The van der Waals surface area contributed by atoms with E-state index in [4.69, 9.17) is 0 Å². The van der Waals surface area contributed by atoms with Crippen LogP contribution in [0.2, 0.25) is 0 Å². The maximum Gasteiger partial charge on any atom is 0.300 e. The van der Waals surface area contributed by atoms with Crippen LogP contribution in [0.3, 0.4) is 0 Å². The standard InChI is InChI=1S/C29H29BrN2O3/c1-5-31(6-2)21-12-14-22(15-13-21)32-26(23-10-8-7-9-18(23)3)25(28(34)29(32)35)27(33)20-11-16-24(30)19(4)17-20/h7-17,26,33H,5-6H2,1-4H3/b27-25+. The van der Waals surface area contributed by atoms with Crippen molar-refractivity contribution in [1.29, 1.82) is 0 Å². The molecule has 1 fully saturated rings. The number of ketones is 1. The van der Waals surface area contributed by atoms with E-state index in [0.29, 0.717) is 11.3 Å². The number of hydrogen-bond donors (Lipinski definition) is 1. The molecule has 1 atom stereocenters. The van der Waals surface area contributed by atoms with Gasteiger partial charge in [-0.1, -0.05) is 46.3 Å². The highest BCUT2D eigenvalue weighted by Crippen LogP contribution is 2.43. The van der Waals surface area contributed by atoms with Crippen molar-refractivity contribution in [3.8, 4) is 0 Å². The lowest BCUT2D eigenvalue weighted by atomic mass is 9.92. The lowest BCUT2D eigenvalue weighted by Gasteiger charge is -2.27. The van der Waals surface area contributed by atoms with Crippen LogP contribution in [0.25, 0.3) is 5.76 Å². The molecule has 1 amide bonds.